The standard InChI is InChI=1S/C14H20FN3/c15-13-5-12(6-16)14(17-7-13)18(8-10-1-2-10)9-11-3-4-11/h5,7,10-11H,1-4,6,8-9,16H2. The quantitative estimate of drug-likeness (QED) is 0.841. The first-order chi connectivity index (χ1) is 8.76. The lowest BCUT2D eigenvalue weighted by molar-refractivity contribution is 0.613. The first kappa shape index (κ1) is 11.9. The number of anilines is 1. The third-order valence-electron chi connectivity index (χ3n) is 3.78. The van der Waals surface area contributed by atoms with Gasteiger partial charge in [0.25, 0.3) is 0 Å². The molecule has 0 unspecified atom stereocenters. The summed E-state index contributed by atoms with van der Waals surface area (Å²) in [6.07, 6.45) is 6.59. The van der Waals surface area contributed by atoms with E-state index in [-0.39, 0.29) is 5.82 Å². The molecule has 2 saturated carbocycles. The SMILES string of the molecule is NCc1cc(F)cnc1N(CC1CC1)CC1CC1. The van der Waals surface area contributed by atoms with Gasteiger partial charge in [-0.3, -0.25) is 0 Å². The Morgan fingerprint density at radius 1 is 1.22 bits per heavy atom. The first-order valence-electron chi connectivity index (χ1n) is 6.85. The molecule has 1 aromatic heterocycles. The van der Waals surface area contributed by atoms with Gasteiger partial charge in [0, 0.05) is 25.2 Å². The molecule has 4 heteroatoms. The second kappa shape index (κ2) is 4.84. The number of pyridine rings is 1. The zero-order chi connectivity index (χ0) is 12.5. The maximum absolute atomic E-state index is 13.2. The molecule has 2 aliphatic rings. The van der Waals surface area contributed by atoms with Crippen LogP contribution in [0, 0.1) is 17.7 Å². The predicted octanol–water partition coefficient (Wildman–Crippen LogP) is 2.31. The molecule has 0 aliphatic heterocycles. The first-order valence-corrected chi connectivity index (χ1v) is 6.85. The van der Waals surface area contributed by atoms with E-state index in [9.17, 15) is 4.39 Å². The van der Waals surface area contributed by atoms with Crippen LogP contribution >= 0.6 is 0 Å². The minimum absolute atomic E-state index is 0.294. The lowest BCUT2D eigenvalue weighted by Crippen LogP contribution is -2.30. The molecule has 18 heavy (non-hydrogen) atoms. The number of hydrogen-bond acceptors (Lipinski definition) is 3. The number of nitrogens with two attached hydrogens (primary N) is 1. The van der Waals surface area contributed by atoms with Crippen molar-refractivity contribution in [3.63, 3.8) is 0 Å². The highest BCUT2D eigenvalue weighted by Gasteiger charge is 2.30. The maximum Gasteiger partial charge on any atom is 0.141 e. The zero-order valence-electron chi connectivity index (χ0n) is 10.6. The number of nitrogens with zero attached hydrogens (tertiary/aromatic N) is 2. The van der Waals surface area contributed by atoms with Gasteiger partial charge in [-0.05, 0) is 43.6 Å². The molecule has 0 aromatic carbocycles. The molecule has 2 N–H and O–H groups in total. The zero-order valence-corrected chi connectivity index (χ0v) is 10.6. The van der Waals surface area contributed by atoms with Crippen LogP contribution in [0.1, 0.15) is 31.2 Å². The Hall–Kier alpha value is -1.16. The average Bonchev–Trinajstić information content (AvgIpc) is 3.23. The topological polar surface area (TPSA) is 42.1 Å². The van der Waals surface area contributed by atoms with Gasteiger partial charge in [0.2, 0.25) is 0 Å². The molecule has 0 amide bonds. The second-order valence-corrected chi connectivity index (χ2v) is 5.63. The van der Waals surface area contributed by atoms with Crippen LogP contribution in [0.4, 0.5) is 10.2 Å². The van der Waals surface area contributed by atoms with Gasteiger partial charge in [-0.1, -0.05) is 0 Å². The molecule has 3 rings (SSSR count). The van der Waals surface area contributed by atoms with Crippen molar-refractivity contribution in [2.24, 2.45) is 17.6 Å². The van der Waals surface area contributed by atoms with Gasteiger partial charge < -0.3 is 10.6 Å². The normalized spacial score (nSPS) is 19.0. The molecule has 0 bridgehead atoms. The number of halogens is 1. The van der Waals surface area contributed by atoms with Crippen molar-refractivity contribution in [2.75, 3.05) is 18.0 Å². The fourth-order valence-corrected chi connectivity index (χ4v) is 2.38. The van der Waals surface area contributed by atoms with E-state index in [0.717, 1.165) is 36.3 Å². The van der Waals surface area contributed by atoms with E-state index in [1.807, 2.05) is 0 Å². The van der Waals surface area contributed by atoms with Crippen molar-refractivity contribution >= 4 is 5.82 Å². The number of hydrogen-bond donors (Lipinski definition) is 1. The van der Waals surface area contributed by atoms with E-state index < -0.39 is 0 Å². The maximum atomic E-state index is 13.2. The van der Waals surface area contributed by atoms with E-state index in [4.69, 9.17) is 5.73 Å². The van der Waals surface area contributed by atoms with Crippen LogP contribution < -0.4 is 10.6 Å². The van der Waals surface area contributed by atoms with Gasteiger partial charge in [-0.25, -0.2) is 9.37 Å². The summed E-state index contributed by atoms with van der Waals surface area (Å²) in [7, 11) is 0. The summed E-state index contributed by atoms with van der Waals surface area (Å²) in [5, 5.41) is 0. The van der Waals surface area contributed by atoms with Crippen LogP contribution in [0.3, 0.4) is 0 Å². The summed E-state index contributed by atoms with van der Waals surface area (Å²) in [4.78, 5) is 6.61. The Morgan fingerprint density at radius 3 is 2.33 bits per heavy atom. The monoisotopic (exact) mass is 249 g/mol. The van der Waals surface area contributed by atoms with Gasteiger partial charge in [-0.15, -0.1) is 0 Å². The van der Waals surface area contributed by atoms with Crippen LogP contribution in [0.25, 0.3) is 0 Å². The van der Waals surface area contributed by atoms with Crippen molar-refractivity contribution in [3.05, 3.63) is 23.6 Å². The van der Waals surface area contributed by atoms with Crippen LogP contribution in [0.2, 0.25) is 0 Å². The highest BCUT2D eigenvalue weighted by Crippen LogP contribution is 2.36. The van der Waals surface area contributed by atoms with Gasteiger partial charge in [0.05, 0.1) is 6.20 Å². The fourth-order valence-electron chi connectivity index (χ4n) is 2.38. The van der Waals surface area contributed by atoms with E-state index in [0.29, 0.717) is 6.54 Å². The summed E-state index contributed by atoms with van der Waals surface area (Å²) < 4.78 is 13.2. The molecule has 98 valence electrons. The van der Waals surface area contributed by atoms with E-state index in [2.05, 4.69) is 9.88 Å². The minimum atomic E-state index is -0.294. The smallest absolute Gasteiger partial charge is 0.141 e. The van der Waals surface area contributed by atoms with Crippen molar-refractivity contribution in [3.8, 4) is 0 Å². The lowest BCUT2D eigenvalue weighted by atomic mass is 10.2. The Bertz CT molecular complexity index is 413. The Balaban J connectivity index is 1.81. The highest BCUT2D eigenvalue weighted by molar-refractivity contribution is 5.47. The minimum Gasteiger partial charge on any atom is -0.356 e. The summed E-state index contributed by atoms with van der Waals surface area (Å²) in [6, 6.07) is 1.52. The van der Waals surface area contributed by atoms with Crippen LogP contribution in [0.5, 0.6) is 0 Å². The molecule has 2 aliphatic carbocycles. The van der Waals surface area contributed by atoms with Gasteiger partial charge in [0.1, 0.15) is 11.6 Å². The van der Waals surface area contributed by atoms with E-state index in [1.54, 1.807) is 0 Å². The molecule has 1 heterocycles. The van der Waals surface area contributed by atoms with Crippen molar-refractivity contribution in [1.82, 2.24) is 4.98 Å². The van der Waals surface area contributed by atoms with Gasteiger partial charge in [0.15, 0.2) is 0 Å². The largest absolute Gasteiger partial charge is 0.356 e. The second-order valence-electron chi connectivity index (χ2n) is 5.63. The molecule has 0 spiro atoms. The molecule has 0 radical (unpaired) electrons. The molecule has 3 nitrogen and oxygen atoms in total. The van der Waals surface area contributed by atoms with Crippen molar-refractivity contribution < 1.29 is 4.39 Å². The summed E-state index contributed by atoms with van der Waals surface area (Å²) in [5.74, 6) is 2.22. The molecular weight excluding hydrogens is 229 g/mol. The number of rotatable bonds is 6. The fraction of sp³-hybridized carbons (Fsp3) is 0.643. The summed E-state index contributed by atoms with van der Waals surface area (Å²) >= 11 is 0. The molecule has 0 saturated heterocycles. The molecule has 1 aromatic rings. The lowest BCUT2D eigenvalue weighted by Gasteiger charge is -2.25. The van der Waals surface area contributed by atoms with Crippen LogP contribution in [-0.4, -0.2) is 18.1 Å². The van der Waals surface area contributed by atoms with E-state index >= 15 is 0 Å². The van der Waals surface area contributed by atoms with Gasteiger partial charge in [-0.2, -0.15) is 0 Å². The molecular formula is C14H20FN3. The van der Waals surface area contributed by atoms with Crippen molar-refractivity contribution in [1.29, 1.82) is 0 Å². The van der Waals surface area contributed by atoms with Gasteiger partial charge >= 0.3 is 0 Å². The average molecular weight is 249 g/mol. The third-order valence-corrected chi connectivity index (χ3v) is 3.78. The highest BCUT2D eigenvalue weighted by atomic mass is 19.1. The van der Waals surface area contributed by atoms with Crippen LogP contribution in [-0.2, 0) is 6.54 Å². The summed E-state index contributed by atoms with van der Waals surface area (Å²) in [5.41, 5.74) is 6.55. The Morgan fingerprint density at radius 2 is 1.83 bits per heavy atom. The molecule has 2 fully saturated rings. The summed E-state index contributed by atoms with van der Waals surface area (Å²) in [6.45, 7) is 2.47. The number of aromatic nitrogens is 1. The Labute approximate surface area is 107 Å². The predicted molar refractivity (Wildman–Crippen MR) is 69.7 cm³/mol. The third kappa shape index (κ3) is 2.80. The van der Waals surface area contributed by atoms with Crippen molar-refractivity contribution in [2.45, 2.75) is 32.2 Å². The molecule has 0 atom stereocenters. The van der Waals surface area contributed by atoms with Crippen LogP contribution in [0.15, 0.2) is 12.3 Å². The van der Waals surface area contributed by atoms with E-state index in [1.165, 1.54) is 37.9 Å². The Kier molecular flexibility index (Phi) is 3.20.